The minimum Gasteiger partial charge on any atom is -0.381 e. The molecule has 2 rings (SSSR count). The highest BCUT2D eigenvalue weighted by Gasteiger charge is 2.31. The molecule has 1 aliphatic rings. The molecule has 0 bridgehead atoms. The molecule has 0 spiro atoms. The van der Waals surface area contributed by atoms with Gasteiger partial charge in [0.15, 0.2) is 0 Å². The van der Waals surface area contributed by atoms with Crippen molar-refractivity contribution in [1.82, 2.24) is 4.98 Å². The van der Waals surface area contributed by atoms with Gasteiger partial charge >= 0.3 is 0 Å². The molecule has 15 heavy (non-hydrogen) atoms. The number of nitrogens with two attached hydrogens (primary N) is 1. The van der Waals surface area contributed by atoms with E-state index in [1.165, 1.54) is 4.88 Å². The van der Waals surface area contributed by atoms with E-state index in [9.17, 15) is 0 Å². The molecule has 0 aliphatic carbocycles. The van der Waals surface area contributed by atoms with Crippen LogP contribution < -0.4 is 5.73 Å². The second-order valence-corrected chi connectivity index (χ2v) is 5.66. The standard InChI is InChI=1S/C11H18N2OS/c1-9-13-7-10(15-9)6-11(8-12)2-4-14-5-3-11/h7H,2-6,8,12H2,1H3. The molecule has 84 valence electrons. The number of aromatic nitrogens is 1. The van der Waals surface area contributed by atoms with Crippen LogP contribution in [-0.4, -0.2) is 24.7 Å². The third kappa shape index (κ3) is 2.56. The SMILES string of the molecule is Cc1ncc(CC2(CN)CCOCC2)s1. The van der Waals surface area contributed by atoms with Crippen molar-refractivity contribution >= 4 is 11.3 Å². The molecule has 1 aromatic heterocycles. The fourth-order valence-electron chi connectivity index (χ4n) is 2.11. The molecular formula is C11H18N2OS. The molecule has 1 aromatic rings. The Labute approximate surface area is 94.7 Å². The van der Waals surface area contributed by atoms with Gasteiger partial charge in [-0.25, -0.2) is 4.98 Å². The average molecular weight is 226 g/mol. The number of hydrogen-bond donors (Lipinski definition) is 1. The quantitative estimate of drug-likeness (QED) is 0.854. The van der Waals surface area contributed by atoms with Crippen LogP contribution in [0, 0.1) is 12.3 Å². The van der Waals surface area contributed by atoms with Gasteiger partial charge in [-0.2, -0.15) is 0 Å². The molecule has 0 amide bonds. The lowest BCUT2D eigenvalue weighted by atomic mass is 9.77. The Bertz CT molecular complexity index is 318. The Hall–Kier alpha value is -0.450. The minimum absolute atomic E-state index is 0.261. The number of aryl methyl sites for hydroxylation is 1. The second-order valence-electron chi connectivity index (χ2n) is 4.34. The fraction of sp³-hybridized carbons (Fsp3) is 0.727. The van der Waals surface area contributed by atoms with Crippen LogP contribution in [0.2, 0.25) is 0 Å². The molecule has 2 N–H and O–H groups in total. The monoisotopic (exact) mass is 226 g/mol. The van der Waals surface area contributed by atoms with Crippen LogP contribution in [-0.2, 0) is 11.2 Å². The summed E-state index contributed by atoms with van der Waals surface area (Å²) in [4.78, 5) is 5.65. The van der Waals surface area contributed by atoms with Crippen molar-refractivity contribution in [2.24, 2.45) is 11.1 Å². The van der Waals surface area contributed by atoms with Gasteiger partial charge in [0, 0.05) is 24.3 Å². The smallest absolute Gasteiger partial charge is 0.0896 e. The highest BCUT2D eigenvalue weighted by Crippen LogP contribution is 2.34. The average Bonchev–Trinajstić information content (AvgIpc) is 2.65. The van der Waals surface area contributed by atoms with Crippen LogP contribution in [0.5, 0.6) is 0 Å². The van der Waals surface area contributed by atoms with Crippen LogP contribution in [0.15, 0.2) is 6.20 Å². The van der Waals surface area contributed by atoms with E-state index in [2.05, 4.69) is 4.98 Å². The van der Waals surface area contributed by atoms with E-state index in [0.717, 1.165) is 44.0 Å². The predicted octanol–water partition coefficient (Wildman–Crippen LogP) is 1.75. The van der Waals surface area contributed by atoms with Gasteiger partial charge in [-0.05, 0) is 38.1 Å². The van der Waals surface area contributed by atoms with Gasteiger partial charge in [-0.1, -0.05) is 0 Å². The predicted molar refractivity (Wildman–Crippen MR) is 62.1 cm³/mol. The van der Waals surface area contributed by atoms with E-state index in [-0.39, 0.29) is 5.41 Å². The molecule has 0 atom stereocenters. The first-order valence-corrected chi connectivity index (χ1v) is 6.25. The van der Waals surface area contributed by atoms with Crippen LogP contribution in [0.1, 0.15) is 22.7 Å². The third-order valence-electron chi connectivity index (χ3n) is 3.20. The lowest BCUT2D eigenvalue weighted by Gasteiger charge is -2.35. The topological polar surface area (TPSA) is 48.1 Å². The molecule has 0 unspecified atom stereocenters. The lowest BCUT2D eigenvalue weighted by molar-refractivity contribution is 0.0195. The van der Waals surface area contributed by atoms with E-state index in [1.807, 2.05) is 13.1 Å². The second kappa shape index (κ2) is 4.60. The molecule has 4 heteroatoms. The van der Waals surface area contributed by atoms with Crippen molar-refractivity contribution in [3.63, 3.8) is 0 Å². The first-order chi connectivity index (χ1) is 7.24. The van der Waals surface area contributed by atoms with Gasteiger partial charge in [0.25, 0.3) is 0 Å². The third-order valence-corrected chi connectivity index (χ3v) is 4.12. The minimum atomic E-state index is 0.261. The van der Waals surface area contributed by atoms with E-state index >= 15 is 0 Å². The maximum absolute atomic E-state index is 5.92. The van der Waals surface area contributed by atoms with Crippen molar-refractivity contribution < 1.29 is 4.74 Å². The van der Waals surface area contributed by atoms with E-state index < -0.39 is 0 Å². The summed E-state index contributed by atoms with van der Waals surface area (Å²) in [6.07, 6.45) is 5.23. The van der Waals surface area contributed by atoms with Crippen molar-refractivity contribution in [2.45, 2.75) is 26.2 Å². The zero-order chi connectivity index (χ0) is 10.7. The van der Waals surface area contributed by atoms with Gasteiger partial charge in [0.05, 0.1) is 5.01 Å². The molecule has 0 saturated carbocycles. The molecule has 2 heterocycles. The normalized spacial score (nSPS) is 20.4. The number of ether oxygens (including phenoxy) is 1. The van der Waals surface area contributed by atoms with Crippen molar-refractivity contribution in [2.75, 3.05) is 19.8 Å². The summed E-state index contributed by atoms with van der Waals surface area (Å²) in [5, 5.41) is 1.14. The van der Waals surface area contributed by atoms with Crippen molar-refractivity contribution in [3.8, 4) is 0 Å². The molecule has 3 nitrogen and oxygen atoms in total. The van der Waals surface area contributed by atoms with Crippen molar-refractivity contribution in [1.29, 1.82) is 0 Å². The highest BCUT2D eigenvalue weighted by molar-refractivity contribution is 7.11. The largest absolute Gasteiger partial charge is 0.381 e. The van der Waals surface area contributed by atoms with Gasteiger partial charge in [0.1, 0.15) is 0 Å². The molecule has 0 aromatic carbocycles. The molecule has 1 saturated heterocycles. The number of nitrogens with zero attached hydrogens (tertiary/aromatic N) is 1. The van der Waals surface area contributed by atoms with Crippen LogP contribution in [0.3, 0.4) is 0 Å². The first kappa shape index (κ1) is 11.0. The van der Waals surface area contributed by atoms with Crippen LogP contribution in [0.4, 0.5) is 0 Å². The zero-order valence-electron chi connectivity index (χ0n) is 9.16. The van der Waals surface area contributed by atoms with Crippen molar-refractivity contribution in [3.05, 3.63) is 16.1 Å². The maximum Gasteiger partial charge on any atom is 0.0896 e. The van der Waals surface area contributed by atoms with Crippen LogP contribution >= 0.6 is 11.3 Å². The molecule has 1 aliphatic heterocycles. The Morgan fingerprint density at radius 3 is 2.80 bits per heavy atom. The van der Waals surface area contributed by atoms with Gasteiger partial charge in [-0.15, -0.1) is 11.3 Å². The number of hydrogen-bond acceptors (Lipinski definition) is 4. The number of thiazole rings is 1. The lowest BCUT2D eigenvalue weighted by Crippen LogP contribution is -2.38. The Morgan fingerprint density at radius 1 is 1.53 bits per heavy atom. The summed E-state index contributed by atoms with van der Waals surface area (Å²) < 4.78 is 5.40. The summed E-state index contributed by atoms with van der Waals surface area (Å²) in [7, 11) is 0. The highest BCUT2D eigenvalue weighted by atomic mass is 32.1. The molecule has 1 fully saturated rings. The summed E-state index contributed by atoms with van der Waals surface area (Å²) in [5.41, 5.74) is 6.18. The summed E-state index contributed by atoms with van der Waals surface area (Å²) in [5.74, 6) is 0. The Kier molecular flexibility index (Phi) is 3.38. The first-order valence-electron chi connectivity index (χ1n) is 5.43. The fourth-order valence-corrected chi connectivity index (χ4v) is 3.08. The summed E-state index contributed by atoms with van der Waals surface area (Å²) >= 11 is 1.79. The molecule has 0 radical (unpaired) electrons. The van der Waals surface area contributed by atoms with Gasteiger partial charge in [-0.3, -0.25) is 0 Å². The van der Waals surface area contributed by atoms with E-state index in [4.69, 9.17) is 10.5 Å². The summed E-state index contributed by atoms with van der Waals surface area (Å²) in [6.45, 7) is 4.52. The van der Waals surface area contributed by atoms with Gasteiger partial charge < -0.3 is 10.5 Å². The number of rotatable bonds is 3. The van der Waals surface area contributed by atoms with E-state index in [1.54, 1.807) is 11.3 Å². The Morgan fingerprint density at radius 2 is 2.27 bits per heavy atom. The van der Waals surface area contributed by atoms with E-state index in [0.29, 0.717) is 0 Å². The maximum atomic E-state index is 5.92. The van der Waals surface area contributed by atoms with Gasteiger partial charge in [0.2, 0.25) is 0 Å². The zero-order valence-corrected chi connectivity index (χ0v) is 9.98. The Balaban J connectivity index is 2.06. The summed E-state index contributed by atoms with van der Waals surface area (Å²) in [6, 6.07) is 0. The van der Waals surface area contributed by atoms with Crippen LogP contribution in [0.25, 0.3) is 0 Å². The molecular weight excluding hydrogens is 208 g/mol.